The second-order valence-electron chi connectivity index (χ2n) is 9.36. The molecular formula is C26H28N4O5. The molecular weight excluding hydrogens is 448 g/mol. The van der Waals surface area contributed by atoms with Crippen molar-refractivity contribution in [3.05, 3.63) is 59.7 Å². The van der Waals surface area contributed by atoms with Crippen molar-refractivity contribution in [1.29, 1.82) is 0 Å². The Hall–Kier alpha value is -3.88. The zero-order valence-corrected chi connectivity index (χ0v) is 19.6. The molecule has 182 valence electrons. The molecule has 35 heavy (non-hydrogen) atoms. The zero-order valence-electron chi connectivity index (χ0n) is 19.6. The first-order valence-electron chi connectivity index (χ1n) is 11.9. The normalized spacial score (nSPS) is 21.7. The average Bonchev–Trinajstić information content (AvgIpc) is 3.18. The van der Waals surface area contributed by atoms with Crippen molar-refractivity contribution in [3.8, 4) is 5.75 Å². The Labute approximate surface area is 203 Å². The third-order valence-corrected chi connectivity index (χ3v) is 7.35. The Morgan fingerprint density at radius 2 is 1.60 bits per heavy atom. The van der Waals surface area contributed by atoms with E-state index in [2.05, 4.69) is 0 Å². The molecule has 1 unspecified atom stereocenters. The van der Waals surface area contributed by atoms with Crippen LogP contribution in [0.4, 0.5) is 5.69 Å². The van der Waals surface area contributed by atoms with Crippen LogP contribution in [0.1, 0.15) is 46.9 Å². The van der Waals surface area contributed by atoms with Gasteiger partial charge in [-0.3, -0.25) is 24.1 Å². The molecule has 9 nitrogen and oxygen atoms in total. The lowest BCUT2D eigenvalue weighted by Crippen LogP contribution is -2.62. The van der Waals surface area contributed by atoms with Crippen LogP contribution in [0, 0.1) is 0 Å². The third-order valence-electron chi connectivity index (χ3n) is 7.35. The zero-order chi connectivity index (χ0) is 24.7. The van der Waals surface area contributed by atoms with E-state index in [9.17, 15) is 24.3 Å². The summed E-state index contributed by atoms with van der Waals surface area (Å²) in [5.74, 6) is -0.594. The first kappa shape index (κ1) is 22.9. The van der Waals surface area contributed by atoms with E-state index < -0.39 is 5.66 Å². The van der Waals surface area contributed by atoms with Gasteiger partial charge in [0.25, 0.3) is 11.8 Å². The maximum atomic E-state index is 13.3. The van der Waals surface area contributed by atoms with Crippen molar-refractivity contribution in [2.45, 2.75) is 31.8 Å². The van der Waals surface area contributed by atoms with Gasteiger partial charge in [0.1, 0.15) is 11.4 Å². The molecule has 3 aliphatic rings. The van der Waals surface area contributed by atoms with Crippen LogP contribution in [0.3, 0.4) is 0 Å². The number of hydrogen-bond donors (Lipinski definition) is 1. The standard InChI is InChI=1S/C26H28N4O5/c1-26-12-10-23(33)30(26)20-8-4-2-6-18(20)25(35)29(26)13-11-22(32)27-14-16-28(17-15-27)24(34)19-7-3-5-9-21(19)31/h2-9,31H,10-17H2,1H3. The Kier molecular flexibility index (Phi) is 5.70. The minimum atomic E-state index is -0.786. The molecule has 5 rings (SSSR count). The number of phenolic OH excluding ortho intramolecular Hbond substituents is 1. The number of aromatic hydroxyl groups is 1. The molecule has 0 spiro atoms. The summed E-state index contributed by atoms with van der Waals surface area (Å²) in [5, 5.41) is 9.96. The highest BCUT2D eigenvalue weighted by molar-refractivity contribution is 6.10. The van der Waals surface area contributed by atoms with Crippen LogP contribution in [-0.4, -0.2) is 81.8 Å². The van der Waals surface area contributed by atoms with Gasteiger partial charge in [0.2, 0.25) is 11.8 Å². The summed E-state index contributed by atoms with van der Waals surface area (Å²) < 4.78 is 0. The van der Waals surface area contributed by atoms with Gasteiger partial charge in [-0.25, -0.2) is 0 Å². The van der Waals surface area contributed by atoms with Gasteiger partial charge in [-0.2, -0.15) is 0 Å². The first-order chi connectivity index (χ1) is 16.8. The van der Waals surface area contributed by atoms with Crippen LogP contribution < -0.4 is 4.90 Å². The maximum Gasteiger partial charge on any atom is 0.257 e. The second-order valence-corrected chi connectivity index (χ2v) is 9.36. The first-order valence-corrected chi connectivity index (χ1v) is 11.9. The van der Waals surface area contributed by atoms with Gasteiger partial charge >= 0.3 is 0 Å². The van der Waals surface area contributed by atoms with Crippen molar-refractivity contribution in [2.75, 3.05) is 37.6 Å². The number of fused-ring (bicyclic) bond motifs is 3. The summed E-state index contributed by atoms with van der Waals surface area (Å²) in [7, 11) is 0. The number of amides is 4. The van der Waals surface area contributed by atoms with Gasteiger partial charge in [0, 0.05) is 45.6 Å². The molecule has 9 heteroatoms. The number of piperazine rings is 1. The van der Waals surface area contributed by atoms with Crippen molar-refractivity contribution >= 4 is 29.3 Å². The third kappa shape index (κ3) is 3.80. The van der Waals surface area contributed by atoms with Crippen molar-refractivity contribution in [2.24, 2.45) is 0 Å². The number of phenols is 1. The van der Waals surface area contributed by atoms with Crippen LogP contribution in [0.25, 0.3) is 0 Å². The molecule has 0 aliphatic carbocycles. The van der Waals surface area contributed by atoms with Gasteiger partial charge < -0.3 is 19.8 Å². The molecule has 0 radical (unpaired) electrons. The van der Waals surface area contributed by atoms with Crippen LogP contribution >= 0.6 is 0 Å². The minimum absolute atomic E-state index is 0.0194. The highest BCUT2D eigenvalue weighted by Crippen LogP contribution is 2.44. The lowest BCUT2D eigenvalue weighted by atomic mass is 9.98. The Morgan fingerprint density at radius 1 is 0.943 bits per heavy atom. The summed E-state index contributed by atoms with van der Waals surface area (Å²) in [6, 6.07) is 13.5. The summed E-state index contributed by atoms with van der Waals surface area (Å²) >= 11 is 0. The highest BCUT2D eigenvalue weighted by atomic mass is 16.3. The largest absolute Gasteiger partial charge is 0.507 e. The molecule has 4 amide bonds. The number of para-hydroxylation sites is 2. The van der Waals surface area contributed by atoms with Crippen molar-refractivity contribution in [3.63, 3.8) is 0 Å². The maximum absolute atomic E-state index is 13.3. The number of rotatable bonds is 4. The number of nitrogens with zero attached hydrogens (tertiary/aromatic N) is 4. The van der Waals surface area contributed by atoms with Crippen molar-refractivity contribution < 1.29 is 24.3 Å². The minimum Gasteiger partial charge on any atom is -0.507 e. The van der Waals surface area contributed by atoms with Crippen molar-refractivity contribution in [1.82, 2.24) is 14.7 Å². The molecule has 0 bridgehead atoms. The van der Waals surface area contributed by atoms with Crippen LogP contribution in [-0.2, 0) is 9.59 Å². The molecule has 1 atom stereocenters. The number of anilines is 1. The van der Waals surface area contributed by atoms with E-state index in [0.717, 1.165) is 0 Å². The van der Waals surface area contributed by atoms with E-state index in [1.165, 1.54) is 6.07 Å². The Balaban J connectivity index is 1.23. The summed E-state index contributed by atoms with van der Waals surface area (Å²) in [6.07, 6.45) is 1.02. The fraction of sp³-hybridized carbons (Fsp3) is 0.385. The molecule has 2 saturated heterocycles. The smallest absolute Gasteiger partial charge is 0.257 e. The molecule has 1 N–H and O–H groups in total. The van der Waals surface area contributed by atoms with Crippen LogP contribution in [0.2, 0.25) is 0 Å². The van der Waals surface area contributed by atoms with Crippen LogP contribution in [0.5, 0.6) is 5.75 Å². The van der Waals surface area contributed by atoms with Gasteiger partial charge in [0.05, 0.1) is 16.8 Å². The van der Waals surface area contributed by atoms with Gasteiger partial charge in [0.15, 0.2) is 0 Å². The molecule has 0 saturated carbocycles. The molecule has 2 aromatic carbocycles. The molecule has 0 aromatic heterocycles. The van der Waals surface area contributed by atoms with Crippen LogP contribution in [0.15, 0.2) is 48.5 Å². The Bertz CT molecular complexity index is 1210. The molecule has 3 heterocycles. The number of benzene rings is 2. The summed E-state index contributed by atoms with van der Waals surface area (Å²) in [4.78, 5) is 58.5. The van der Waals surface area contributed by atoms with E-state index in [1.807, 2.05) is 13.0 Å². The lowest BCUT2D eigenvalue weighted by Gasteiger charge is -2.48. The number of hydrogen-bond acceptors (Lipinski definition) is 5. The fourth-order valence-corrected chi connectivity index (χ4v) is 5.39. The van der Waals surface area contributed by atoms with E-state index in [0.29, 0.717) is 50.3 Å². The predicted octanol–water partition coefficient (Wildman–Crippen LogP) is 2.07. The van der Waals surface area contributed by atoms with E-state index in [1.54, 1.807) is 56.0 Å². The highest BCUT2D eigenvalue weighted by Gasteiger charge is 2.52. The number of carbonyl (C=O) groups is 4. The lowest BCUT2D eigenvalue weighted by molar-refractivity contribution is -0.133. The molecule has 2 fully saturated rings. The quantitative estimate of drug-likeness (QED) is 0.728. The van der Waals surface area contributed by atoms with E-state index in [-0.39, 0.29) is 47.9 Å². The van der Waals surface area contributed by atoms with Gasteiger partial charge in [-0.15, -0.1) is 0 Å². The number of carbonyl (C=O) groups excluding carboxylic acids is 4. The molecule has 3 aliphatic heterocycles. The summed E-state index contributed by atoms with van der Waals surface area (Å²) in [5.41, 5.74) is 0.574. The SMILES string of the molecule is CC12CCC(=O)N1c1ccccc1C(=O)N2CCC(=O)N1CCN(C(=O)c2ccccc2O)CC1. The second kappa shape index (κ2) is 8.72. The fourth-order valence-electron chi connectivity index (χ4n) is 5.39. The summed E-state index contributed by atoms with van der Waals surface area (Å²) in [6.45, 7) is 3.61. The average molecular weight is 477 g/mol. The topological polar surface area (TPSA) is 101 Å². The molecule has 2 aromatic rings. The van der Waals surface area contributed by atoms with E-state index >= 15 is 0 Å². The predicted molar refractivity (Wildman–Crippen MR) is 128 cm³/mol. The Morgan fingerprint density at radius 3 is 2.34 bits per heavy atom. The van der Waals surface area contributed by atoms with Gasteiger partial charge in [-0.1, -0.05) is 24.3 Å². The monoisotopic (exact) mass is 476 g/mol. The van der Waals surface area contributed by atoms with Gasteiger partial charge in [-0.05, 0) is 37.6 Å². The van der Waals surface area contributed by atoms with E-state index in [4.69, 9.17) is 0 Å².